The molecule has 1 aromatic rings. The van der Waals surface area contributed by atoms with Crippen molar-refractivity contribution >= 4 is 12.6 Å². The summed E-state index contributed by atoms with van der Waals surface area (Å²) in [6.07, 6.45) is 2.84. The molecule has 4 nitrogen and oxygen atoms in total. The molecule has 0 unspecified atom stereocenters. The lowest BCUT2D eigenvalue weighted by molar-refractivity contribution is 0.00578. The largest absolute Gasteiger partial charge is 0.495 e. The fourth-order valence-corrected chi connectivity index (χ4v) is 1.97. The van der Waals surface area contributed by atoms with Crippen LogP contribution < -0.4 is 10.2 Å². The number of nitrogens with zero attached hydrogens (tertiary/aromatic N) is 1. The van der Waals surface area contributed by atoms with E-state index in [9.17, 15) is 0 Å². The minimum atomic E-state index is -0.371. The standard InChI is InChI=1S/C16H26BNO3/c1-7-12(2)11-19-14-10-13(8-9-18-14)17-20-15(3,4)16(5,6)21-17/h8-10,12H,7,11H2,1-6H3/t12-/m1/s1. The SMILES string of the molecule is CC[C@@H](C)COc1cc(B2OC(C)(C)C(C)(C)O2)ccn1. The molecule has 21 heavy (non-hydrogen) atoms. The number of aromatic nitrogens is 1. The third kappa shape index (κ3) is 3.58. The first-order valence-electron chi connectivity index (χ1n) is 7.69. The maximum atomic E-state index is 6.05. The minimum absolute atomic E-state index is 0.335. The molecule has 0 spiro atoms. The maximum absolute atomic E-state index is 6.05. The van der Waals surface area contributed by atoms with Gasteiger partial charge in [-0.05, 0) is 45.1 Å². The molecule has 1 aromatic heterocycles. The molecule has 5 heteroatoms. The van der Waals surface area contributed by atoms with Crippen LogP contribution in [0.5, 0.6) is 5.88 Å². The molecule has 1 atom stereocenters. The molecule has 2 rings (SSSR count). The molecule has 1 fully saturated rings. The molecule has 2 heterocycles. The van der Waals surface area contributed by atoms with E-state index in [0.717, 1.165) is 11.9 Å². The quantitative estimate of drug-likeness (QED) is 0.782. The van der Waals surface area contributed by atoms with Crippen molar-refractivity contribution in [2.24, 2.45) is 5.92 Å². The number of ether oxygens (including phenoxy) is 1. The highest BCUT2D eigenvalue weighted by molar-refractivity contribution is 6.62. The molecule has 1 aliphatic heterocycles. The van der Waals surface area contributed by atoms with Crippen molar-refractivity contribution < 1.29 is 14.0 Å². The lowest BCUT2D eigenvalue weighted by Gasteiger charge is -2.32. The summed E-state index contributed by atoms with van der Waals surface area (Å²) in [7, 11) is -0.371. The van der Waals surface area contributed by atoms with Crippen molar-refractivity contribution in [3.63, 3.8) is 0 Å². The summed E-state index contributed by atoms with van der Waals surface area (Å²) < 4.78 is 17.8. The Morgan fingerprint density at radius 3 is 2.43 bits per heavy atom. The second-order valence-corrected chi connectivity index (χ2v) is 6.84. The first kappa shape index (κ1) is 16.3. The van der Waals surface area contributed by atoms with Gasteiger partial charge in [-0.3, -0.25) is 0 Å². The Morgan fingerprint density at radius 1 is 1.24 bits per heavy atom. The van der Waals surface area contributed by atoms with Crippen LogP contribution in [-0.2, 0) is 9.31 Å². The molecular weight excluding hydrogens is 265 g/mol. The van der Waals surface area contributed by atoms with E-state index < -0.39 is 0 Å². The average Bonchev–Trinajstić information content (AvgIpc) is 2.65. The van der Waals surface area contributed by atoms with Crippen LogP contribution in [0.1, 0.15) is 48.0 Å². The van der Waals surface area contributed by atoms with Crippen LogP contribution in [-0.4, -0.2) is 29.9 Å². The van der Waals surface area contributed by atoms with Crippen molar-refractivity contribution in [3.05, 3.63) is 18.3 Å². The highest BCUT2D eigenvalue weighted by Crippen LogP contribution is 2.36. The number of hydrogen-bond donors (Lipinski definition) is 0. The van der Waals surface area contributed by atoms with Gasteiger partial charge in [-0.25, -0.2) is 4.98 Å². The topological polar surface area (TPSA) is 40.6 Å². The number of pyridine rings is 1. The third-order valence-corrected chi connectivity index (χ3v) is 4.50. The highest BCUT2D eigenvalue weighted by atomic mass is 16.7. The fourth-order valence-electron chi connectivity index (χ4n) is 1.97. The lowest BCUT2D eigenvalue weighted by Crippen LogP contribution is -2.41. The van der Waals surface area contributed by atoms with Crippen LogP contribution in [0.2, 0.25) is 0 Å². The third-order valence-electron chi connectivity index (χ3n) is 4.50. The van der Waals surface area contributed by atoms with Crippen molar-refractivity contribution in [2.45, 2.75) is 59.2 Å². The van der Waals surface area contributed by atoms with E-state index in [2.05, 4.69) is 46.5 Å². The predicted molar refractivity (Wildman–Crippen MR) is 84.9 cm³/mol. The second kappa shape index (κ2) is 5.97. The van der Waals surface area contributed by atoms with E-state index in [1.807, 2.05) is 12.1 Å². The Morgan fingerprint density at radius 2 is 1.86 bits per heavy atom. The van der Waals surface area contributed by atoms with E-state index >= 15 is 0 Å². The Labute approximate surface area is 128 Å². The smallest absolute Gasteiger partial charge is 0.477 e. The first-order valence-corrected chi connectivity index (χ1v) is 7.69. The summed E-state index contributed by atoms with van der Waals surface area (Å²) in [5, 5.41) is 0. The zero-order valence-electron chi connectivity index (χ0n) is 14.0. The summed E-state index contributed by atoms with van der Waals surface area (Å²) in [6.45, 7) is 13.2. The van der Waals surface area contributed by atoms with Crippen molar-refractivity contribution in [3.8, 4) is 5.88 Å². The van der Waals surface area contributed by atoms with Crippen LogP contribution >= 0.6 is 0 Å². The molecule has 0 saturated carbocycles. The van der Waals surface area contributed by atoms with Gasteiger partial charge in [-0.1, -0.05) is 20.3 Å². The van der Waals surface area contributed by atoms with Gasteiger partial charge in [0.1, 0.15) is 0 Å². The van der Waals surface area contributed by atoms with Gasteiger partial charge in [-0.2, -0.15) is 0 Å². The molecule has 0 amide bonds. The van der Waals surface area contributed by atoms with Crippen LogP contribution in [0.3, 0.4) is 0 Å². The van der Waals surface area contributed by atoms with Gasteiger partial charge in [0.05, 0.1) is 17.8 Å². The van der Waals surface area contributed by atoms with Crippen LogP contribution in [0.4, 0.5) is 0 Å². The minimum Gasteiger partial charge on any atom is -0.477 e. The van der Waals surface area contributed by atoms with Crippen molar-refractivity contribution in [1.29, 1.82) is 0 Å². The van der Waals surface area contributed by atoms with Crippen molar-refractivity contribution in [2.75, 3.05) is 6.61 Å². The fraction of sp³-hybridized carbons (Fsp3) is 0.688. The molecule has 1 aliphatic rings. The predicted octanol–water partition coefficient (Wildman–Crippen LogP) is 2.81. The Balaban J connectivity index is 2.08. The summed E-state index contributed by atoms with van der Waals surface area (Å²) in [4.78, 5) is 4.26. The van der Waals surface area contributed by atoms with E-state index in [4.69, 9.17) is 14.0 Å². The van der Waals surface area contributed by atoms with Crippen molar-refractivity contribution in [1.82, 2.24) is 4.98 Å². The number of hydrogen-bond acceptors (Lipinski definition) is 4. The molecule has 0 bridgehead atoms. The van der Waals surface area contributed by atoms with Crippen LogP contribution in [0, 0.1) is 5.92 Å². The van der Waals surface area contributed by atoms with E-state index in [1.54, 1.807) is 6.20 Å². The van der Waals surface area contributed by atoms with Gasteiger partial charge in [0, 0.05) is 12.3 Å². The summed E-state index contributed by atoms with van der Waals surface area (Å²) >= 11 is 0. The highest BCUT2D eigenvalue weighted by Gasteiger charge is 2.51. The van der Waals surface area contributed by atoms with Gasteiger partial charge < -0.3 is 14.0 Å². The monoisotopic (exact) mass is 291 g/mol. The summed E-state index contributed by atoms with van der Waals surface area (Å²) in [6, 6.07) is 3.82. The summed E-state index contributed by atoms with van der Waals surface area (Å²) in [5.74, 6) is 1.15. The Bertz CT molecular complexity index is 474. The van der Waals surface area contributed by atoms with Gasteiger partial charge in [0.25, 0.3) is 0 Å². The molecular formula is C16H26BNO3. The Kier molecular flexibility index (Phi) is 4.64. The van der Waals surface area contributed by atoms with E-state index in [1.165, 1.54) is 0 Å². The Hall–Kier alpha value is -1.07. The molecule has 1 saturated heterocycles. The molecule has 0 radical (unpaired) electrons. The zero-order chi connectivity index (χ0) is 15.7. The number of rotatable bonds is 5. The summed E-state index contributed by atoms with van der Waals surface area (Å²) in [5.41, 5.74) is 0.278. The first-order chi connectivity index (χ1) is 9.75. The van der Waals surface area contributed by atoms with Gasteiger partial charge in [-0.15, -0.1) is 0 Å². The van der Waals surface area contributed by atoms with E-state index in [-0.39, 0.29) is 18.3 Å². The lowest BCUT2D eigenvalue weighted by atomic mass is 9.80. The van der Waals surface area contributed by atoms with E-state index in [0.29, 0.717) is 18.4 Å². The average molecular weight is 291 g/mol. The molecule has 0 aromatic carbocycles. The van der Waals surface area contributed by atoms with Crippen LogP contribution in [0.15, 0.2) is 18.3 Å². The van der Waals surface area contributed by atoms with Gasteiger partial charge in [0.2, 0.25) is 5.88 Å². The molecule has 116 valence electrons. The normalized spacial score (nSPS) is 21.3. The molecule has 0 aliphatic carbocycles. The molecule has 0 N–H and O–H groups in total. The second-order valence-electron chi connectivity index (χ2n) is 6.84. The zero-order valence-corrected chi connectivity index (χ0v) is 14.0. The van der Waals surface area contributed by atoms with Gasteiger partial charge >= 0.3 is 7.12 Å². The maximum Gasteiger partial charge on any atom is 0.495 e. The van der Waals surface area contributed by atoms with Crippen LogP contribution in [0.25, 0.3) is 0 Å². The van der Waals surface area contributed by atoms with Gasteiger partial charge in [0.15, 0.2) is 0 Å².